The summed E-state index contributed by atoms with van der Waals surface area (Å²) in [5.74, 6) is -0.915. The van der Waals surface area contributed by atoms with E-state index in [1.807, 2.05) is 0 Å². The highest BCUT2D eigenvalue weighted by Gasteiger charge is 2.17. The van der Waals surface area contributed by atoms with Gasteiger partial charge in [-0.25, -0.2) is 4.39 Å². The van der Waals surface area contributed by atoms with Gasteiger partial charge in [0.25, 0.3) is 5.69 Å². The largest absolute Gasteiger partial charge is 0.298 e. The topological polar surface area (TPSA) is 77.3 Å². The van der Waals surface area contributed by atoms with E-state index in [1.54, 1.807) is 0 Å². The number of ketones is 1. The Balaban J connectivity index is 2.43. The second-order valence-electron chi connectivity index (χ2n) is 3.98. The smallest absolute Gasteiger partial charge is 0.279 e. The molecular weight excluding hydrogens is 265 g/mol. The molecule has 5 nitrogen and oxygen atoms in total. The van der Waals surface area contributed by atoms with Gasteiger partial charge in [-0.3, -0.25) is 19.7 Å². The molecule has 0 aromatic heterocycles. The number of rotatable bonds is 4. The summed E-state index contributed by atoms with van der Waals surface area (Å²) in [4.78, 5) is 32.9. The van der Waals surface area contributed by atoms with Crippen LogP contribution in [0.5, 0.6) is 0 Å². The second kappa shape index (κ2) is 5.40. The van der Waals surface area contributed by atoms with E-state index in [4.69, 9.17) is 0 Å². The Kier molecular flexibility index (Phi) is 3.65. The zero-order valence-corrected chi connectivity index (χ0v) is 10.1. The van der Waals surface area contributed by atoms with E-state index in [0.29, 0.717) is 6.29 Å². The average Bonchev–Trinajstić information content (AvgIpc) is 2.46. The molecule has 20 heavy (non-hydrogen) atoms. The van der Waals surface area contributed by atoms with Crippen molar-refractivity contribution in [1.29, 1.82) is 0 Å². The third-order valence-corrected chi connectivity index (χ3v) is 2.72. The van der Waals surface area contributed by atoms with Crippen LogP contribution in [-0.4, -0.2) is 17.0 Å². The van der Waals surface area contributed by atoms with Crippen LogP contribution < -0.4 is 0 Å². The molecule has 2 rings (SSSR count). The Morgan fingerprint density at radius 1 is 1.10 bits per heavy atom. The minimum atomic E-state index is -0.699. The molecule has 0 unspecified atom stereocenters. The van der Waals surface area contributed by atoms with Crippen LogP contribution >= 0.6 is 0 Å². The first-order valence-corrected chi connectivity index (χ1v) is 5.57. The lowest BCUT2D eigenvalue weighted by molar-refractivity contribution is -0.385. The highest BCUT2D eigenvalue weighted by molar-refractivity contribution is 6.09. The highest BCUT2D eigenvalue weighted by atomic mass is 19.1. The van der Waals surface area contributed by atoms with Crippen molar-refractivity contribution in [3.05, 3.63) is 75.1 Å². The highest BCUT2D eigenvalue weighted by Crippen LogP contribution is 2.20. The fourth-order valence-electron chi connectivity index (χ4n) is 1.72. The van der Waals surface area contributed by atoms with E-state index >= 15 is 0 Å². The zero-order valence-electron chi connectivity index (χ0n) is 10.1. The van der Waals surface area contributed by atoms with E-state index in [1.165, 1.54) is 18.2 Å². The van der Waals surface area contributed by atoms with Gasteiger partial charge in [0, 0.05) is 17.2 Å². The van der Waals surface area contributed by atoms with Gasteiger partial charge in [-0.1, -0.05) is 0 Å². The minimum Gasteiger partial charge on any atom is -0.298 e. The van der Waals surface area contributed by atoms with E-state index in [-0.39, 0.29) is 22.4 Å². The third-order valence-electron chi connectivity index (χ3n) is 2.72. The maximum absolute atomic E-state index is 12.8. The van der Waals surface area contributed by atoms with Crippen molar-refractivity contribution in [2.75, 3.05) is 0 Å². The molecule has 0 aliphatic heterocycles. The van der Waals surface area contributed by atoms with Crippen molar-refractivity contribution >= 4 is 17.8 Å². The Hall–Kier alpha value is -2.89. The first-order chi connectivity index (χ1) is 9.52. The van der Waals surface area contributed by atoms with Crippen molar-refractivity contribution < 1.29 is 18.9 Å². The van der Waals surface area contributed by atoms with E-state index in [9.17, 15) is 24.1 Å². The van der Waals surface area contributed by atoms with Crippen LogP contribution in [0.3, 0.4) is 0 Å². The predicted molar refractivity (Wildman–Crippen MR) is 68.3 cm³/mol. The van der Waals surface area contributed by atoms with Crippen molar-refractivity contribution in [1.82, 2.24) is 0 Å². The van der Waals surface area contributed by atoms with Gasteiger partial charge in [-0.05, 0) is 36.4 Å². The van der Waals surface area contributed by atoms with Crippen LogP contribution in [0.1, 0.15) is 26.3 Å². The number of carbonyl (C=O) groups is 2. The fourth-order valence-corrected chi connectivity index (χ4v) is 1.72. The lowest BCUT2D eigenvalue weighted by atomic mass is 10.0. The SMILES string of the molecule is O=Cc1cc(C(=O)c2ccc(F)cc2)ccc1[N+](=O)[O-]. The van der Waals surface area contributed by atoms with Gasteiger partial charge in [0.05, 0.1) is 10.5 Å². The number of nitro groups is 1. The fraction of sp³-hybridized carbons (Fsp3) is 0. The van der Waals surface area contributed by atoms with Gasteiger partial charge in [0.2, 0.25) is 0 Å². The third kappa shape index (κ3) is 2.59. The minimum absolute atomic E-state index is 0.129. The van der Waals surface area contributed by atoms with Crippen LogP contribution in [0, 0.1) is 15.9 Å². The average molecular weight is 273 g/mol. The molecule has 0 saturated carbocycles. The number of hydrogen-bond acceptors (Lipinski definition) is 4. The summed E-state index contributed by atoms with van der Waals surface area (Å²) in [5.41, 5.74) is -0.181. The molecular formula is C14H8FNO4. The monoisotopic (exact) mass is 273 g/mol. The Bertz CT molecular complexity index is 695. The summed E-state index contributed by atoms with van der Waals surface area (Å²) in [6, 6.07) is 8.39. The van der Waals surface area contributed by atoms with E-state index in [0.717, 1.165) is 24.3 Å². The summed E-state index contributed by atoms with van der Waals surface area (Å²) >= 11 is 0. The first-order valence-electron chi connectivity index (χ1n) is 5.57. The van der Waals surface area contributed by atoms with Gasteiger partial charge in [-0.2, -0.15) is 0 Å². The standard InChI is InChI=1S/C14H8FNO4/c15-12-4-1-9(2-5-12)14(18)10-3-6-13(16(19)20)11(7-10)8-17/h1-8H. The molecule has 0 radical (unpaired) electrons. The van der Waals surface area contributed by atoms with Crippen LogP contribution in [-0.2, 0) is 0 Å². The van der Waals surface area contributed by atoms with Crippen LogP contribution in [0.15, 0.2) is 42.5 Å². The molecule has 0 saturated heterocycles. The van der Waals surface area contributed by atoms with Gasteiger partial charge >= 0.3 is 0 Å². The Morgan fingerprint density at radius 3 is 2.25 bits per heavy atom. The molecule has 0 spiro atoms. The maximum Gasteiger partial charge on any atom is 0.279 e. The van der Waals surface area contributed by atoms with Crippen LogP contribution in [0.25, 0.3) is 0 Å². The molecule has 0 heterocycles. The number of aldehydes is 1. The van der Waals surface area contributed by atoms with Gasteiger partial charge < -0.3 is 0 Å². The molecule has 0 atom stereocenters. The molecule has 0 amide bonds. The van der Waals surface area contributed by atoms with Crippen molar-refractivity contribution in [2.45, 2.75) is 0 Å². The maximum atomic E-state index is 12.8. The number of hydrogen-bond donors (Lipinski definition) is 0. The molecule has 2 aromatic rings. The summed E-state index contributed by atoms with van der Waals surface area (Å²) in [7, 11) is 0. The van der Waals surface area contributed by atoms with Crippen molar-refractivity contribution in [3.8, 4) is 0 Å². The van der Waals surface area contributed by atoms with Gasteiger partial charge in [0.1, 0.15) is 5.82 Å². The van der Waals surface area contributed by atoms with Gasteiger partial charge in [-0.15, -0.1) is 0 Å². The molecule has 0 aliphatic carbocycles. The molecule has 2 aromatic carbocycles. The summed E-state index contributed by atoms with van der Waals surface area (Å²) in [6.45, 7) is 0. The summed E-state index contributed by atoms with van der Waals surface area (Å²) in [5, 5.41) is 10.7. The first kappa shape index (κ1) is 13.5. The van der Waals surface area contributed by atoms with Crippen molar-refractivity contribution in [3.63, 3.8) is 0 Å². The lowest BCUT2D eigenvalue weighted by Crippen LogP contribution is -2.03. The number of nitrogens with zero attached hydrogens (tertiary/aromatic N) is 1. The molecule has 0 N–H and O–H groups in total. The predicted octanol–water partition coefficient (Wildman–Crippen LogP) is 2.78. The van der Waals surface area contributed by atoms with E-state index in [2.05, 4.69) is 0 Å². The zero-order chi connectivity index (χ0) is 14.7. The normalized spacial score (nSPS) is 10.1. The molecule has 100 valence electrons. The van der Waals surface area contributed by atoms with Gasteiger partial charge in [0.15, 0.2) is 12.1 Å². The number of carbonyl (C=O) groups excluding carboxylic acids is 2. The summed E-state index contributed by atoms with van der Waals surface area (Å²) in [6.07, 6.45) is 0.319. The van der Waals surface area contributed by atoms with E-state index < -0.39 is 16.5 Å². The lowest BCUT2D eigenvalue weighted by Gasteiger charge is -2.03. The number of benzene rings is 2. The molecule has 0 bridgehead atoms. The van der Waals surface area contributed by atoms with Crippen LogP contribution in [0.4, 0.5) is 10.1 Å². The summed E-state index contributed by atoms with van der Waals surface area (Å²) < 4.78 is 12.8. The van der Waals surface area contributed by atoms with Crippen LogP contribution in [0.2, 0.25) is 0 Å². The molecule has 0 aliphatic rings. The second-order valence-corrected chi connectivity index (χ2v) is 3.98. The Morgan fingerprint density at radius 2 is 1.70 bits per heavy atom. The Labute approximate surface area is 112 Å². The molecule has 6 heteroatoms. The quantitative estimate of drug-likeness (QED) is 0.371. The molecule has 0 fully saturated rings. The van der Waals surface area contributed by atoms with Crippen molar-refractivity contribution in [2.24, 2.45) is 0 Å². The number of halogens is 1. The number of nitro benzene ring substituents is 1.